The molecule has 1 saturated heterocycles. The molecule has 2 aromatic carbocycles. The summed E-state index contributed by atoms with van der Waals surface area (Å²) in [6.07, 6.45) is 4.81. The number of aryl methyl sites for hydroxylation is 1. The van der Waals surface area contributed by atoms with Crippen LogP contribution in [0.25, 0.3) is 5.57 Å². The van der Waals surface area contributed by atoms with Crippen LogP contribution < -0.4 is 0 Å². The minimum atomic E-state index is -0.177. The van der Waals surface area contributed by atoms with Crippen LogP contribution in [-0.4, -0.2) is 29.1 Å². The number of amidine groups is 1. The topological polar surface area (TPSA) is 41.9 Å². The Morgan fingerprint density at radius 2 is 1.90 bits per heavy atom. The summed E-state index contributed by atoms with van der Waals surface area (Å²) in [6, 6.07) is 14.6. The number of amides is 1. The van der Waals surface area contributed by atoms with E-state index in [2.05, 4.69) is 40.2 Å². The predicted molar refractivity (Wildman–Crippen MR) is 125 cm³/mol. The number of benzene rings is 2. The summed E-state index contributed by atoms with van der Waals surface area (Å²) in [5, 5.41) is 1.60. The molecular formula is C25H23ClN2O2S. The summed E-state index contributed by atoms with van der Waals surface area (Å²) < 4.78 is 6.29. The number of ether oxygens (including phenoxy) is 1. The van der Waals surface area contributed by atoms with E-state index in [0.29, 0.717) is 6.61 Å². The average molecular weight is 451 g/mol. The zero-order valence-electron chi connectivity index (χ0n) is 17.2. The Balaban J connectivity index is 1.22. The van der Waals surface area contributed by atoms with Crippen LogP contribution in [0.15, 0.2) is 52.4 Å². The molecule has 0 unspecified atom stereocenters. The number of rotatable bonds is 0. The summed E-state index contributed by atoms with van der Waals surface area (Å²) in [4.78, 5) is 20.4. The van der Waals surface area contributed by atoms with Gasteiger partial charge >= 0.3 is 0 Å². The first-order chi connectivity index (χ1) is 15.1. The van der Waals surface area contributed by atoms with E-state index >= 15 is 0 Å². The highest BCUT2D eigenvalue weighted by atomic mass is 35.5. The first-order valence-electron chi connectivity index (χ1n) is 10.9. The second-order valence-corrected chi connectivity index (χ2v) is 10.1. The van der Waals surface area contributed by atoms with Crippen molar-refractivity contribution in [3.63, 3.8) is 0 Å². The van der Waals surface area contributed by atoms with E-state index in [1.165, 1.54) is 16.7 Å². The molecule has 6 heteroatoms. The number of aliphatic imine (C=N–C) groups is 1. The lowest BCUT2D eigenvalue weighted by Crippen LogP contribution is -2.44. The number of allylic oxidation sites excluding steroid dienone is 1. The third-order valence-corrected chi connectivity index (χ3v) is 8.37. The van der Waals surface area contributed by atoms with Gasteiger partial charge in [-0.1, -0.05) is 41.9 Å². The van der Waals surface area contributed by atoms with E-state index in [-0.39, 0.29) is 11.5 Å². The Morgan fingerprint density at radius 3 is 2.77 bits per heavy atom. The van der Waals surface area contributed by atoms with Gasteiger partial charge in [-0.2, -0.15) is 4.99 Å². The monoisotopic (exact) mass is 450 g/mol. The third kappa shape index (κ3) is 3.25. The maximum absolute atomic E-state index is 12.9. The molecule has 4 aliphatic rings. The molecule has 31 heavy (non-hydrogen) atoms. The smallest absolute Gasteiger partial charge is 0.286 e. The minimum Gasteiger partial charge on any atom is -0.365 e. The number of carbonyl (C=O) groups excluding carboxylic acids is 1. The van der Waals surface area contributed by atoms with Gasteiger partial charge in [0.15, 0.2) is 5.17 Å². The number of fused-ring (bicyclic) bond motifs is 3. The van der Waals surface area contributed by atoms with Gasteiger partial charge in [-0.25, -0.2) is 0 Å². The molecule has 0 atom stereocenters. The van der Waals surface area contributed by atoms with Gasteiger partial charge in [0.1, 0.15) is 0 Å². The molecule has 0 saturated carbocycles. The highest BCUT2D eigenvalue weighted by molar-refractivity contribution is 8.18. The molecule has 1 spiro atoms. The Morgan fingerprint density at radius 1 is 1.06 bits per heavy atom. The number of hydrogen-bond donors (Lipinski definition) is 0. The van der Waals surface area contributed by atoms with E-state index in [4.69, 9.17) is 16.3 Å². The number of hydrogen-bond acceptors (Lipinski definition) is 4. The van der Waals surface area contributed by atoms with Gasteiger partial charge in [0.2, 0.25) is 0 Å². The Kier molecular flexibility index (Phi) is 4.74. The van der Waals surface area contributed by atoms with Gasteiger partial charge in [0.25, 0.3) is 5.91 Å². The van der Waals surface area contributed by atoms with Crippen LogP contribution in [0.1, 0.15) is 47.9 Å². The zero-order chi connectivity index (χ0) is 21.0. The first-order valence-corrected chi connectivity index (χ1v) is 12.1. The molecule has 2 aromatic rings. The maximum atomic E-state index is 12.9. The lowest BCUT2D eigenvalue weighted by Gasteiger charge is -2.39. The Bertz CT molecular complexity index is 1150. The van der Waals surface area contributed by atoms with Crippen LogP contribution in [0, 0.1) is 0 Å². The molecule has 0 aromatic heterocycles. The lowest BCUT2D eigenvalue weighted by molar-refractivity contribution is -0.113. The third-order valence-electron chi connectivity index (χ3n) is 6.98. The van der Waals surface area contributed by atoms with Gasteiger partial charge in [0.05, 0.1) is 17.1 Å². The quantitative estimate of drug-likeness (QED) is 0.494. The summed E-state index contributed by atoms with van der Waals surface area (Å²) in [5.41, 5.74) is 6.00. The summed E-state index contributed by atoms with van der Waals surface area (Å²) >= 11 is 7.74. The fourth-order valence-electron chi connectivity index (χ4n) is 5.37. The minimum absolute atomic E-state index is 0.0967. The summed E-state index contributed by atoms with van der Waals surface area (Å²) in [5.74, 6) is -0.0967. The van der Waals surface area contributed by atoms with Crippen LogP contribution in [-0.2, 0) is 28.2 Å². The normalized spacial score (nSPS) is 24.4. The zero-order valence-corrected chi connectivity index (χ0v) is 18.8. The molecule has 0 bridgehead atoms. The van der Waals surface area contributed by atoms with Crippen molar-refractivity contribution >= 4 is 40.0 Å². The molecule has 1 amide bonds. The van der Waals surface area contributed by atoms with Crippen molar-refractivity contribution < 1.29 is 9.53 Å². The predicted octanol–water partition coefficient (Wildman–Crippen LogP) is 5.54. The fraction of sp³-hybridized carbons (Fsp3) is 0.360. The maximum Gasteiger partial charge on any atom is 0.286 e. The molecule has 1 fully saturated rings. The molecule has 1 aliphatic carbocycles. The molecule has 0 N–H and O–H groups in total. The summed E-state index contributed by atoms with van der Waals surface area (Å²) in [7, 11) is 0. The van der Waals surface area contributed by atoms with Crippen molar-refractivity contribution in [1.82, 2.24) is 4.90 Å². The number of carbonyl (C=O) groups is 1. The standard InChI is InChI=1S/C25H23ClN2O2S/c26-18-8-9-19-16(14-18)5-3-6-20(19)22-23(29)27-24(31-22)28-12-10-25(11-13-28)21-7-2-1-4-17(21)15-30-25/h1-2,4,7-9,14H,3,5-6,10-13,15H2/b22-20+. The second-order valence-electron chi connectivity index (χ2n) is 8.69. The number of piperidine rings is 1. The van der Waals surface area contributed by atoms with E-state index in [9.17, 15) is 4.79 Å². The molecule has 3 heterocycles. The average Bonchev–Trinajstić information content (AvgIpc) is 3.35. The number of thioether (sulfide) groups is 1. The van der Waals surface area contributed by atoms with Gasteiger partial charge in [-0.15, -0.1) is 0 Å². The summed E-state index contributed by atoms with van der Waals surface area (Å²) in [6.45, 7) is 2.40. The number of nitrogens with zero attached hydrogens (tertiary/aromatic N) is 2. The van der Waals surface area contributed by atoms with Crippen molar-refractivity contribution in [2.75, 3.05) is 13.1 Å². The van der Waals surface area contributed by atoms with Gasteiger partial charge < -0.3 is 9.64 Å². The lowest BCUT2D eigenvalue weighted by atomic mass is 9.84. The van der Waals surface area contributed by atoms with Crippen LogP contribution in [0.5, 0.6) is 0 Å². The molecular weight excluding hydrogens is 428 g/mol. The van der Waals surface area contributed by atoms with Crippen molar-refractivity contribution in [2.24, 2.45) is 4.99 Å². The molecule has 4 nitrogen and oxygen atoms in total. The SMILES string of the molecule is O=C1N=C(N2CCC3(CC2)OCc2ccccc23)S/C1=C1\CCCc2cc(Cl)ccc21. The van der Waals surface area contributed by atoms with E-state index < -0.39 is 0 Å². The van der Waals surface area contributed by atoms with E-state index in [1.54, 1.807) is 11.8 Å². The van der Waals surface area contributed by atoms with E-state index in [1.807, 2.05) is 12.1 Å². The van der Waals surface area contributed by atoms with Crippen molar-refractivity contribution in [2.45, 2.75) is 44.3 Å². The fourth-order valence-corrected chi connectivity index (χ4v) is 6.65. The second kappa shape index (κ2) is 7.51. The first kappa shape index (κ1) is 19.6. The molecule has 0 radical (unpaired) electrons. The number of likely N-dealkylation sites (tertiary alicyclic amines) is 1. The molecule has 3 aliphatic heterocycles. The van der Waals surface area contributed by atoms with Crippen LogP contribution in [0.4, 0.5) is 0 Å². The van der Waals surface area contributed by atoms with Gasteiger partial charge in [0, 0.05) is 18.1 Å². The molecule has 6 rings (SSSR count). The van der Waals surface area contributed by atoms with E-state index in [0.717, 1.165) is 71.4 Å². The highest BCUT2D eigenvalue weighted by Crippen LogP contribution is 2.46. The van der Waals surface area contributed by atoms with Crippen LogP contribution in [0.2, 0.25) is 5.02 Å². The van der Waals surface area contributed by atoms with Crippen molar-refractivity contribution in [3.8, 4) is 0 Å². The van der Waals surface area contributed by atoms with Gasteiger partial charge in [-0.3, -0.25) is 4.79 Å². The highest BCUT2D eigenvalue weighted by Gasteiger charge is 2.43. The van der Waals surface area contributed by atoms with Gasteiger partial charge in [-0.05, 0) is 83.8 Å². The molecule has 158 valence electrons. The Hall–Kier alpha value is -2.08. The number of halogens is 1. The van der Waals surface area contributed by atoms with Crippen molar-refractivity contribution in [1.29, 1.82) is 0 Å². The largest absolute Gasteiger partial charge is 0.365 e. The van der Waals surface area contributed by atoms with Crippen LogP contribution in [0.3, 0.4) is 0 Å². The van der Waals surface area contributed by atoms with Crippen molar-refractivity contribution in [3.05, 3.63) is 74.6 Å². The van der Waals surface area contributed by atoms with Crippen LogP contribution >= 0.6 is 23.4 Å². The Labute approximate surface area is 191 Å².